The Hall–Kier alpha value is -0.610. The third-order valence-electron chi connectivity index (χ3n) is 3.42. The van der Waals surface area contributed by atoms with Gasteiger partial charge < -0.3 is 4.90 Å². The number of alkyl halides is 1. The van der Waals surface area contributed by atoms with E-state index in [0.717, 1.165) is 25.8 Å². The van der Waals surface area contributed by atoms with Crippen LogP contribution in [0.4, 0.5) is 4.39 Å². The largest absolute Gasteiger partial charge is 0.336 e. The number of carbonyl (C=O) groups is 1. The first-order valence-corrected chi connectivity index (χ1v) is 7.69. The minimum absolute atomic E-state index is 0.0787. The second-order valence-corrected chi connectivity index (χ2v) is 6.85. The maximum atomic E-state index is 13.4. The lowest BCUT2D eigenvalue weighted by Crippen LogP contribution is -2.36. The van der Waals surface area contributed by atoms with Gasteiger partial charge in [0.05, 0.1) is 10.6 Å². The van der Waals surface area contributed by atoms with Gasteiger partial charge in [0.2, 0.25) is 0 Å². The van der Waals surface area contributed by atoms with Gasteiger partial charge >= 0.3 is 0 Å². The first kappa shape index (κ1) is 14.8. The van der Waals surface area contributed by atoms with Crippen molar-refractivity contribution in [1.29, 1.82) is 0 Å². The number of carbonyl (C=O) groups excluding carboxylic acids is 1. The standard InChI is InChI=1S/C14H16BrClFNO/c1-9(15)8-10-4-3-7-18(10)14(19)11-5-2-6-12(17)13(11)16/h2,5-6,9-10H,3-4,7-8H2,1H3. The fourth-order valence-corrected chi connectivity index (χ4v) is 3.19. The van der Waals surface area contributed by atoms with Gasteiger partial charge in [-0.05, 0) is 31.4 Å². The monoisotopic (exact) mass is 347 g/mol. The van der Waals surface area contributed by atoms with Crippen LogP contribution in [0.15, 0.2) is 18.2 Å². The first-order valence-electron chi connectivity index (χ1n) is 6.39. The Morgan fingerprint density at radius 2 is 2.37 bits per heavy atom. The summed E-state index contributed by atoms with van der Waals surface area (Å²) in [7, 11) is 0. The van der Waals surface area contributed by atoms with Crippen LogP contribution in [0.5, 0.6) is 0 Å². The summed E-state index contributed by atoms with van der Waals surface area (Å²) in [5, 5.41) is -0.0787. The number of benzene rings is 1. The maximum absolute atomic E-state index is 13.4. The van der Waals surface area contributed by atoms with Gasteiger partial charge in [-0.1, -0.05) is 40.5 Å². The number of rotatable bonds is 3. The van der Waals surface area contributed by atoms with E-state index in [-0.39, 0.29) is 22.5 Å². The van der Waals surface area contributed by atoms with Crippen LogP contribution in [0, 0.1) is 5.82 Å². The third-order valence-corrected chi connectivity index (χ3v) is 4.17. The lowest BCUT2D eigenvalue weighted by atomic mass is 10.1. The second kappa shape index (κ2) is 6.23. The number of likely N-dealkylation sites (tertiary alicyclic amines) is 1. The van der Waals surface area contributed by atoms with Gasteiger partial charge in [-0.3, -0.25) is 4.79 Å². The fourth-order valence-electron chi connectivity index (χ4n) is 2.55. The summed E-state index contributed by atoms with van der Waals surface area (Å²) in [6, 6.07) is 4.58. The van der Waals surface area contributed by atoms with Crippen molar-refractivity contribution < 1.29 is 9.18 Å². The molecule has 1 fully saturated rings. The molecule has 1 aliphatic heterocycles. The molecule has 0 aromatic heterocycles. The average molecular weight is 349 g/mol. The SMILES string of the molecule is CC(Br)CC1CCCN1C(=O)c1cccc(F)c1Cl. The summed E-state index contributed by atoms with van der Waals surface area (Å²) in [5.74, 6) is -0.711. The van der Waals surface area contributed by atoms with Crippen molar-refractivity contribution in [3.05, 3.63) is 34.6 Å². The predicted molar refractivity (Wildman–Crippen MR) is 78.5 cm³/mol. The predicted octanol–water partition coefficient (Wildman–Crippen LogP) is 4.26. The van der Waals surface area contributed by atoms with E-state index >= 15 is 0 Å². The van der Waals surface area contributed by atoms with Crippen LogP contribution in [0.25, 0.3) is 0 Å². The average Bonchev–Trinajstić information content (AvgIpc) is 2.79. The van der Waals surface area contributed by atoms with Crippen LogP contribution >= 0.6 is 27.5 Å². The van der Waals surface area contributed by atoms with Gasteiger partial charge in [0.25, 0.3) is 5.91 Å². The molecule has 0 aliphatic carbocycles. The molecule has 0 bridgehead atoms. The van der Waals surface area contributed by atoms with E-state index in [1.807, 2.05) is 4.90 Å². The van der Waals surface area contributed by atoms with Gasteiger partial charge in [-0.2, -0.15) is 0 Å². The second-order valence-electron chi connectivity index (χ2n) is 4.91. The molecule has 1 aliphatic rings. The Balaban J connectivity index is 2.21. The Kier molecular flexibility index (Phi) is 4.85. The quantitative estimate of drug-likeness (QED) is 0.748. The molecule has 104 valence electrons. The van der Waals surface area contributed by atoms with Gasteiger partial charge in [-0.25, -0.2) is 4.39 Å². The van der Waals surface area contributed by atoms with E-state index in [1.165, 1.54) is 12.1 Å². The van der Waals surface area contributed by atoms with E-state index in [1.54, 1.807) is 6.07 Å². The molecule has 1 saturated heterocycles. The Morgan fingerprint density at radius 1 is 1.63 bits per heavy atom. The maximum Gasteiger partial charge on any atom is 0.255 e. The number of amides is 1. The molecule has 2 nitrogen and oxygen atoms in total. The lowest BCUT2D eigenvalue weighted by Gasteiger charge is -2.26. The zero-order chi connectivity index (χ0) is 14.0. The Labute approximate surface area is 126 Å². The van der Waals surface area contributed by atoms with Crippen molar-refractivity contribution in [3.63, 3.8) is 0 Å². The van der Waals surface area contributed by atoms with Crippen LogP contribution < -0.4 is 0 Å². The van der Waals surface area contributed by atoms with E-state index in [0.29, 0.717) is 4.83 Å². The van der Waals surface area contributed by atoms with Crippen LogP contribution in [0.1, 0.15) is 36.5 Å². The Bertz CT molecular complexity index is 481. The summed E-state index contributed by atoms with van der Waals surface area (Å²) in [6.45, 7) is 2.78. The van der Waals surface area contributed by atoms with E-state index < -0.39 is 5.82 Å². The molecule has 19 heavy (non-hydrogen) atoms. The molecule has 1 heterocycles. The molecule has 5 heteroatoms. The van der Waals surface area contributed by atoms with Crippen molar-refractivity contribution in [1.82, 2.24) is 4.90 Å². The minimum Gasteiger partial charge on any atom is -0.336 e. The van der Waals surface area contributed by atoms with E-state index in [2.05, 4.69) is 22.9 Å². The molecule has 0 saturated carbocycles. The highest BCUT2D eigenvalue weighted by atomic mass is 79.9. The topological polar surface area (TPSA) is 20.3 Å². The molecule has 1 amide bonds. The van der Waals surface area contributed by atoms with Crippen molar-refractivity contribution in [3.8, 4) is 0 Å². The molecule has 0 radical (unpaired) electrons. The van der Waals surface area contributed by atoms with Crippen molar-refractivity contribution in [2.24, 2.45) is 0 Å². The minimum atomic E-state index is -0.544. The smallest absolute Gasteiger partial charge is 0.255 e. The summed E-state index contributed by atoms with van der Waals surface area (Å²) >= 11 is 9.41. The molecule has 0 N–H and O–H groups in total. The molecule has 1 aromatic rings. The molecule has 0 spiro atoms. The molecular formula is C14H16BrClFNO. The molecule has 2 unspecified atom stereocenters. The third kappa shape index (κ3) is 3.29. The van der Waals surface area contributed by atoms with E-state index in [4.69, 9.17) is 11.6 Å². The summed E-state index contributed by atoms with van der Waals surface area (Å²) in [6.07, 6.45) is 2.89. The number of hydrogen-bond donors (Lipinski definition) is 0. The van der Waals surface area contributed by atoms with Crippen LogP contribution in [0.2, 0.25) is 5.02 Å². The fraction of sp³-hybridized carbons (Fsp3) is 0.500. The van der Waals surface area contributed by atoms with Crippen LogP contribution in [-0.2, 0) is 0 Å². The van der Waals surface area contributed by atoms with E-state index in [9.17, 15) is 9.18 Å². The van der Waals surface area contributed by atoms with Gasteiger partial charge in [0.15, 0.2) is 0 Å². The number of hydrogen-bond acceptors (Lipinski definition) is 1. The number of halogens is 3. The van der Waals surface area contributed by atoms with Crippen LogP contribution in [-0.4, -0.2) is 28.2 Å². The summed E-state index contributed by atoms with van der Waals surface area (Å²) in [5.41, 5.74) is 0.260. The van der Waals surface area contributed by atoms with Crippen molar-refractivity contribution >= 4 is 33.4 Å². The lowest BCUT2D eigenvalue weighted by molar-refractivity contribution is 0.0731. The van der Waals surface area contributed by atoms with Gasteiger partial charge in [-0.15, -0.1) is 0 Å². The molecule has 2 rings (SSSR count). The zero-order valence-corrected chi connectivity index (χ0v) is 13.0. The van der Waals surface area contributed by atoms with Gasteiger partial charge in [0.1, 0.15) is 5.82 Å². The van der Waals surface area contributed by atoms with Gasteiger partial charge in [0, 0.05) is 17.4 Å². The molecule has 2 atom stereocenters. The van der Waals surface area contributed by atoms with Crippen molar-refractivity contribution in [2.45, 2.75) is 37.1 Å². The summed E-state index contributed by atoms with van der Waals surface area (Å²) < 4.78 is 13.4. The normalized spacial score (nSPS) is 20.6. The highest BCUT2D eigenvalue weighted by molar-refractivity contribution is 9.09. The van der Waals surface area contributed by atoms with Crippen LogP contribution in [0.3, 0.4) is 0 Å². The highest BCUT2D eigenvalue weighted by Gasteiger charge is 2.31. The first-order chi connectivity index (χ1) is 9.00. The molecule has 1 aromatic carbocycles. The molecular weight excluding hydrogens is 333 g/mol. The zero-order valence-electron chi connectivity index (χ0n) is 10.7. The Morgan fingerprint density at radius 3 is 3.05 bits per heavy atom. The summed E-state index contributed by atoms with van der Waals surface area (Å²) in [4.78, 5) is 14.6. The number of nitrogens with zero attached hydrogens (tertiary/aromatic N) is 1. The van der Waals surface area contributed by atoms with Crippen molar-refractivity contribution in [2.75, 3.05) is 6.54 Å². The highest BCUT2D eigenvalue weighted by Crippen LogP contribution is 2.28.